The lowest BCUT2D eigenvalue weighted by molar-refractivity contribution is -0.123. The highest BCUT2D eigenvalue weighted by Gasteiger charge is 2.61. The minimum absolute atomic E-state index is 0.0650. The number of nitrogens with zero attached hydrogens (tertiary/aromatic N) is 2. The van der Waals surface area contributed by atoms with E-state index in [0.717, 1.165) is 0 Å². The predicted octanol–water partition coefficient (Wildman–Crippen LogP) is 3.87. The van der Waals surface area contributed by atoms with Gasteiger partial charge in [0, 0.05) is 34.6 Å². The van der Waals surface area contributed by atoms with Crippen LogP contribution in [-0.4, -0.2) is 11.7 Å². The number of benzene rings is 2. The average Bonchev–Trinajstić information content (AvgIpc) is 3.00. The number of rotatable bonds is 1. The third-order valence-electron chi connectivity index (χ3n) is 6.47. The fraction of sp³-hybridized carbons (Fsp3) is 0.240. The number of hydrogen-bond donors (Lipinski definition) is 2. The lowest BCUT2D eigenvalue weighted by atomic mass is 9.60. The van der Waals surface area contributed by atoms with Crippen molar-refractivity contribution in [2.24, 2.45) is 11.1 Å². The minimum Gasteiger partial charge on any atom is -0.384 e. The van der Waals surface area contributed by atoms with Crippen molar-refractivity contribution in [1.82, 2.24) is 0 Å². The molecule has 1 aliphatic carbocycles. The van der Waals surface area contributed by atoms with Gasteiger partial charge in [-0.15, -0.1) is 0 Å². The number of Topliss-reactive ketones (excluding diaryl/α,β-unsaturated/α-hetero) is 1. The summed E-state index contributed by atoms with van der Waals surface area (Å²) in [4.78, 5) is 28.9. The number of para-hydroxylation sites is 1. The summed E-state index contributed by atoms with van der Waals surface area (Å²) in [7, 11) is 0. The molecule has 0 bridgehead atoms. The number of nitriles is 1. The minimum atomic E-state index is -1.77. The van der Waals surface area contributed by atoms with E-state index >= 15 is 0 Å². The molecule has 0 unspecified atom stereocenters. The van der Waals surface area contributed by atoms with Crippen molar-refractivity contribution in [2.75, 3.05) is 10.2 Å². The molecule has 32 heavy (non-hydrogen) atoms. The average molecular weight is 428 g/mol. The van der Waals surface area contributed by atoms with Crippen LogP contribution < -0.4 is 16.0 Å². The number of carbonyl (C=O) groups is 2. The zero-order valence-electron chi connectivity index (χ0n) is 17.7. The molecule has 7 heteroatoms. The number of anilines is 2. The van der Waals surface area contributed by atoms with Crippen molar-refractivity contribution in [3.05, 3.63) is 82.6 Å². The topological polar surface area (TPSA) is 99.2 Å². The molecule has 2 heterocycles. The van der Waals surface area contributed by atoms with Gasteiger partial charge in [-0.2, -0.15) is 5.26 Å². The molecule has 2 aromatic rings. The molecule has 5 rings (SSSR count). The zero-order valence-corrected chi connectivity index (χ0v) is 17.7. The molecule has 0 fully saturated rings. The Hall–Kier alpha value is -3.92. The van der Waals surface area contributed by atoms with Gasteiger partial charge in [0.25, 0.3) is 0 Å². The maximum absolute atomic E-state index is 14.4. The fourth-order valence-electron chi connectivity index (χ4n) is 5.26. The van der Waals surface area contributed by atoms with Gasteiger partial charge in [-0.1, -0.05) is 32.0 Å². The normalized spacial score (nSPS) is 23.8. The molecular formula is C25H21FN4O2. The van der Waals surface area contributed by atoms with Gasteiger partial charge in [0.15, 0.2) is 5.78 Å². The van der Waals surface area contributed by atoms with Crippen molar-refractivity contribution in [2.45, 2.75) is 32.1 Å². The summed E-state index contributed by atoms with van der Waals surface area (Å²) < 4.78 is 14.4. The Labute approximate surface area is 184 Å². The van der Waals surface area contributed by atoms with Crippen LogP contribution in [0.4, 0.5) is 15.8 Å². The first-order valence-corrected chi connectivity index (χ1v) is 10.3. The quantitative estimate of drug-likeness (QED) is 0.718. The molecule has 1 spiro atoms. The standard InChI is InChI=1S/C25H21FN4O2/c1-24(2)11-19-21(20(31)12-24)25(16-10-14(26)8-9-18(16)29-23(25)32)17(13-27)22(28)30(19)15-6-4-3-5-7-15/h3-10H,11-12,28H2,1-2H3,(H,29,32)/t25-/m0/s1. The monoisotopic (exact) mass is 428 g/mol. The first-order chi connectivity index (χ1) is 15.2. The predicted molar refractivity (Wildman–Crippen MR) is 118 cm³/mol. The van der Waals surface area contributed by atoms with Crippen LogP contribution in [0.25, 0.3) is 0 Å². The number of halogens is 1. The SMILES string of the molecule is CC1(C)CC(=O)C2=C(C1)N(c1ccccc1)C(N)=C(C#N)[C@]21C(=O)Nc2ccc(F)cc21. The number of carbonyl (C=O) groups excluding carboxylic acids is 2. The van der Waals surface area contributed by atoms with Crippen molar-refractivity contribution >= 4 is 23.1 Å². The Morgan fingerprint density at radius 3 is 2.53 bits per heavy atom. The van der Waals surface area contributed by atoms with E-state index in [1.54, 1.807) is 4.90 Å². The number of ketones is 1. The van der Waals surface area contributed by atoms with Gasteiger partial charge >= 0.3 is 0 Å². The van der Waals surface area contributed by atoms with E-state index in [2.05, 4.69) is 11.4 Å². The third-order valence-corrected chi connectivity index (χ3v) is 6.47. The van der Waals surface area contributed by atoms with Crippen LogP contribution in [0.15, 0.2) is 71.2 Å². The second-order valence-corrected chi connectivity index (χ2v) is 9.20. The zero-order chi connectivity index (χ0) is 22.8. The summed E-state index contributed by atoms with van der Waals surface area (Å²) in [6, 6.07) is 15.2. The van der Waals surface area contributed by atoms with Crippen molar-refractivity contribution in [3.8, 4) is 6.07 Å². The molecular weight excluding hydrogens is 407 g/mol. The second-order valence-electron chi connectivity index (χ2n) is 9.20. The maximum Gasteiger partial charge on any atom is 0.245 e. The molecule has 3 N–H and O–H groups in total. The van der Waals surface area contributed by atoms with Crippen LogP contribution in [0.3, 0.4) is 0 Å². The Kier molecular flexibility index (Phi) is 4.09. The Morgan fingerprint density at radius 2 is 1.84 bits per heavy atom. The number of hydrogen-bond acceptors (Lipinski definition) is 5. The Morgan fingerprint density at radius 1 is 1.12 bits per heavy atom. The number of nitrogens with two attached hydrogens (primary N) is 1. The highest BCUT2D eigenvalue weighted by molar-refractivity contribution is 6.20. The number of fused-ring (bicyclic) bond motifs is 3. The Balaban J connectivity index is 1.92. The van der Waals surface area contributed by atoms with Gasteiger partial charge in [0.05, 0.1) is 5.57 Å². The van der Waals surface area contributed by atoms with E-state index in [4.69, 9.17) is 5.73 Å². The Bertz CT molecular complexity index is 1300. The van der Waals surface area contributed by atoms with Crippen LogP contribution in [-0.2, 0) is 15.0 Å². The summed E-state index contributed by atoms with van der Waals surface area (Å²) in [5.74, 6) is -1.31. The van der Waals surface area contributed by atoms with Crippen LogP contribution in [0.5, 0.6) is 0 Å². The molecule has 3 aliphatic rings. The largest absolute Gasteiger partial charge is 0.384 e. The van der Waals surface area contributed by atoms with E-state index < -0.39 is 17.1 Å². The maximum atomic E-state index is 14.4. The van der Waals surface area contributed by atoms with Gasteiger partial charge in [-0.25, -0.2) is 4.39 Å². The van der Waals surface area contributed by atoms with E-state index in [9.17, 15) is 19.2 Å². The van der Waals surface area contributed by atoms with E-state index in [-0.39, 0.29) is 40.1 Å². The van der Waals surface area contributed by atoms with Crippen LogP contribution in [0.2, 0.25) is 0 Å². The lowest BCUT2D eigenvalue weighted by Crippen LogP contribution is -2.52. The number of nitrogens with one attached hydrogen (secondary N) is 1. The van der Waals surface area contributed by atoms with Crippen LogP contribution >= 0.6 is 0 Å². The number of allylic oxidation sites excluding steroid dienone is 1. The molecule has 2 aromatic carbocycles. The summed E-state index contributed by atoms with van der Waals surface area (Å²) in [5, 5.41) is 13.0. The summed E-state index contributed by atoms with van der Waals surface area (Å²) >= 11 is 0. The van der Waals surface area contributed by atoms with Crippen LogP contribution in [0.1, 0.15) is 32.3 Å². The molecule has 0 saturated heterocycles. The van der Waals surface area contributed by atoms with E-state index in [0.29, 0.717) is 23.5 Å². The molecule has 0 aromatic heterocycles. The molecule has 0 saturated carbocycles. The van der Waals surface area contributed by atoms with Crippen molar-refractivity contribution in [3.63, 3.8) is 0 Å². The molecule has 2 aliphatic heterocycles. The van der Waals surface area contributed by atoms with Crippen molar-refractivity contribution in [1.29, 1.82) is 5.26 Å². The van der Waals surface area contributed by atoms with Gasteiger partial charge in [-0.3, -0.25) is 14.5 Å². The molecule has 6 nitrogen and oxygen atoms in total. The molecule has 1 amide bonds. The molecule has 160 valence electrons. The molecule has 1 atom stereocenters. The van der Waals surface area contributed by atoms with Gasteiger partial charge in [-0.05, 0) is 42.2 Å². The number of amides is 1. The van der Waals surface area contributed by atoms with Crippen LogP contribution in [0, 0.1) is 22.6 Å². The van der Waals surface area contributed by atoms with E-state index in [1.165, 1.54) is 18.2 Å². The third kappa shape index (κ3) is 2.50. The first-order valence-electron chi connectivity index (χ1n) is 10.3. The fourth-order valence-corrected chi connectivity index (χ4v) is 5.26. The van der Waals surface area contributed by atoms with Crippen molar-refractivity contribution < 1.29 is 14.0 Å². The smallest absolute Gasteiger partial charge is 0.245 e. The first kappa shape index (κ1) is 20.0. The summed E-state index contributed by atoms with van der Waals surface area (Å²) in [6.45, 7) is 3.96. The van der Waals surface area contributed by atoms with Gasteiger partial charge in [0.2, 0.25) is 5.91 Å². The summed E-state index contributed by atoms with van der Waals surface area (Å²) in [5.41, 5.74) is 6.43. The lowest BCUT2D eigenvalue weighted by Gasteiger charge is -2.46. The highest BCUT2D eigenvalue weighted by Crippen LogP contribution is 2.57. The second kappa shape index (κ2) is 6.54. The molecule has 0 radical (unpaired) electrons. The van der Waals surface area contributed by atoms with Gasteiger partial charge < -0.3 is 11.1 Å². The highest BCUT2D eigenvalue weighted by atomic mass is 19.1. The van der Waals surface area contributed by atoms with Gasteiger partial charge in [0.1, 0.15) is 23.1 Å². The summed E-state index contributed by atoms with van der Waals surface area (Å²) in [6.07, 6.45) is 0.662. The van der Waals surface area contributed by atoms with E-state index in [1.807, 2.05) is 44.2 Å².